The fourth-order valence-corrected chi connectivity index (χ4v) is 3.88. The predicted octanol–water partition coefficient (Wildman–Crippen LogP) is 3.45. The van der Waals surface area contributed by atoms with Crippen molar-refractivity contribution in [3.63, 3.8) is 0 Å². The molecule has 0 saturated heterocycles. The molecule has 7 heteroatoms. The topological polar surface area (TPSA) is 88.4 Å². The third-order valence-corrected chi connectivity index (χ3v) is 5.41. The first-order valence-corrected chi connectivity index (χ1v) is 10.0. The first kappa shape index (κ1) is 19.1. The number of anilines is 1. The van der Waals surface area contributed by atoms with Crippen molar-refractivity contribution in [1.82, 2.24) is 19.9 Å². The fourth-order valence-electron chi connectivity index (χ4n) is 3.88. The molecule has 0 saturated carbocycles. The largest absolute Gasteiger partial charge is 0.346 e. The number of fused-ring (bicyclic) bond motifs is 2. The second-order valence-corrected chi connectivity index (χ2v) is 7.80. The summed E-state index contributed by atoms with van der Waals surface area (Å²) in [6.07, 6.45) is 3.56. The van der Waals surface area contributed by atoms with Crippen LogP contribution in [-0.2, 0) is 9.59 Å². The Bertz CT molecular complexity index is 1040. The first-order valence-electron chi connectivity index (χ1n) is 10.0. The summed E-state index contributed by atoms with van der Waals surface area (Å²) >= 11 is 0. The van der Waals surface area contributed by atoms with Crippen molar-refractivity contribution in [2.45, 2.75) is 45.1 Å². The molecule has 3 aromatic rings. The van der Waals surface area contributed by atoms with Crippen molar-refractivity contribution in [2.24, 2.45) is 5.92 Å². The van der Waals surface area contributed by atoms with Crippen LogP contribution in [0.2, 0.25) is 0 Å². The lowest BCUT2D eigenvalue weighted by molar-refractivity contribution is -0.123. The van der Waals surface area contributed by atoms with E-state index in [4.69, 9.17) is 0 Å². The lowest BCUT2D eigenvalue weighted by Gasteiger charge is -2.21. The molecule has 2 atom stereocenters. The van der Waals surface area contributed by atoms with Crippen LogP contribution in [0.25, 0.3) is 5.65 Å². The minimum atomic E-state index is -0.226. The van der Waals surface area contributed by atoms with Crippen LogP contribution in [0.15, 0.2) is 48.7 Å². The summed E-state index contributed by atoms with van der Waals surface area (Å²) in [4.78, 5) is 24.8. The molecular weight excluding hydrogens is 366 g/mol. The molecule has 0 bridgehead atoms. The van der Waals surface area contributed by atoms with Gasteiger partial charge in [-0.1, -0.05) is 38.1 Å². The van der Waals surface area contributed by atoms with Gasteiger partial charge in [-0.05, 0) is 42.5 Å². The number of para-hydroxylation sites is 1. The van der Waals surface area contributed by atoms with Crippen LogP contribution < -0.4 is 10.6 Å². The zero-order chi connectivity index (χ0) is 20.4. The van der Waals surface area contributed by atoms with Crippen LogP contribution in [0, 0.1) is 5.92 Å². The van der Waals surface area contributed by atoms with Crippen LogP contribution in [0.1, 0.15) is 56.5 Å². The second kappa shape index (κ2) is 8.03. The molecule has 0 unspecified atom stereocenters. The number of carbonyl (C=O) groups excluding carboxylic acids is 2. The van der Waals surface area contributed by atoms with Gasteiger partial charge in [-0.15, -0.1) is 10.2 Å². The zero-order valence-corrected chi connectivity index (χ0v) is 16.6. The maximum absolute atomic E-state index is 12.6. The van der Waals surface area contributed by atoms with E-state index in [-0.39, 0.29) is 29.7 Å². The number of pyridine rings is 1. The molecule has 0 radical (unpaired) electrons. The van der Waals surface area contributed by atoms with Gasteiger partial charge in [-0.3, -0.25) is 14.0 Å². The minimum absolute atomic E-state index is 0.0154. The van der Waals surface area contributed by atoms with Gasteiger partial charge < -0.3 is 10.6 Å². The van der Waals surface area contributed by atoms with Gasteiger partial charge in [0.2, 0.25) is 11.8 Å². The van der Waals surface area contributed by atoms with Crippen LogP contribution in [-0.4, -0.2) is 26.4 Å². The first-order chi connectivity index (χ1) is 14.0. The molecule has 29 heavy (non-hydrogen) atoms. The van der Waals surface area contributed by atoms with E-state index in [0.29, 0.717) is 19.3 Å². The lowest BCUT2D eigenvalue weighted by Crippen LogP contribution is -2.33. The highest BCUT2D eigenvalue weighted by atomic mass is 16.2. The number of nitrogens with one attached hydrogen (secondary N) is 2. The van der Waals surface area contributed by atoms with E-state index < -0.39 is 0 Å². The van der Waals surface area contributed by atoms with E-state index in [9.17, 15) is 9.59 Å². The number of amides is 2. The van der Waals surface area contributed by atoms with E-state index >= 15 is 0 Å². The van der Waals surface area contributed by atoms with Crippen molar-refractivity contribution in [2.75, 3.05) is 5.32 Å². The number of nitrogens with zero attached hydrogens (tertiary/aromatic N) is 3. The molecule has 1 aliphatic heterocycles. The highest BCUT2D eigenvalue weighted by Crippen LogP contribution is 2.35. The Morgan fingerprint density at radius 1 is 1.17 bits per heavy atom. The standard InChI is InChI=1S/C22H25N5O2/c1-14(2)20(21-26-25-18-11-5-6-13-27(18)21)24-19(28)12-7-9-16-15-8-3-4-10-17(15)23-22(16)29/h3-6,8,10-11,13-14,16,20H,7,9,12H2,1-2H3,(H,23,29)(H,24,28)/t16-,20-/m0/s1. The molecule has 3 heterocycles. The molecular formula is C22H25N5O2. The molecule has 0 aliphatic carbocycles. The van der Waals surface area contributed by atoms with Gasteiger partial charge in [-0.2, -0.15) is 0 Å². The van der Waals surface area contributed by atoms with Gasteiger partial charge in [0.1, 0.15) is 0 Å². The lowest BCUT2D eigenvalue weighted by atomic mass is 9.94. The molecule has 150 valence electrons. The average Bonchev–Trinajstić information content (AvgIpc) is 3.27. The highest BCUT2D eigenvalue weighted by molar-refractivity contribution is 6.02. The summed E-state index contributed by atoms with van der Waals surface area (Å²) in [5.41, 5.74) is 2.66. The van der Waals surface area contributed by atoms with Crippen molar-refractivity contribution < 1.29 is 9.59 Å². The van der Waals surface area contributed by atoms with E-state index in [1.165, 1.54) is 0 Å². The van der Waals surface area contributed by atoms with Crippen LogP contribution in [0.5, 0.6) is 0 Å². The molecule has 4 rings (SSSR count). The molecule has 1 aliphatic rings. The Hall–Kier alpha value is -3.22. The second-order valence-electron chi connectivity index (χ2n) is 7.80. The Morgan fingerprint density at radius 2 is 1.97 bits per heavy atom. The van der Waals surface area contributed by atoms with Crippen LogP contribution >= 0.6 is 0 Å². The monoisotopic (exact) mass is 391 g/mol. The molecule has 2 aromatic heterocycles. The average molecular weight is 391 g/mol. The van der Waals surface area contributed by atoms with E-state index in [2.05, 4.69) is 34.7 Å². The number of aromatic nitrogens is 3. The van der Waals surface area contributed by atoms with Crippen LogP contribution in [0.4, 0.5) is 5.69 Å². The molecule has 0 fully saturated rings. The summed E-state index contributed by atoms with van der Waals surface area (Å²) in [6, 6.07) is 13.2. The van der Waals surface area contributed by atoms with E-state index in [0.717, 1.165) is 22.7 Å². The van der Waals surface area contributed by atoms with Gasteiger partial charge in [0.05, 0.1) is 12.0 Å². The number of carbonyl (C=O) groups is 2. The maximum atomic E-state index is 12.6. The van der Waals surface area contributed by atoms with Crippen molar-refractivity contribution in [1.29, 1.82) is 0 Å². The molecule has 2 amide bonds. The Kier molecular flexibility index (Phi) is 5.29. The quantitative estimate of drug-likeness (QED) is 0.646. The van der Waals surface area contributed by atoms with Gasteiger partial charge in [0.25, 0.3) is 0 Å². The van der Waals surface area contributed by atoms with E-state index in [1.54, 1.807) is 0 Å². The van der Waals surface area contributed by atoms with Gasteiger partial charge in [0, 0.05) is 18.3 Å². The summed E-state index contributed by atoms with van der Waals surface area (Å²) < 4.78 is 1.91. The third kappa shape index (κ3) is 3.85. The SMILES string of the molecule is CC(C)[C@H](NC(=O)CCC[C@@H]1C(=O)Nc2ccccc21)c1nnc2ccccn12. The molecule has 1 aromatic carbocycles. The van der Waals surface area contributed by atoms with Gasteiger partial charge in [-0.25, -0.2) is 0 Å². The summed E-state index contributed by atoms with van der Waals surface area (Å²) in [5.74, 6) is 0.692. The van der Waals surface area contributed by atoms with Gasteiger partial charge >= 0.3 is 0 Å². The number of rotatable bonds is 7. The van der Waals surface area contributed by atoms with Crippen molar-refractivity contribution >= 4 is 23.1 Å². The summed E-state index contributed by atoms with van der Waals surface area (Å²) in [5, 5.41) is 14.5. The number of hydrogen-bond donors (Lipinski definition) is 2. The van der Waals surface area contributed by atoms with Crippen LogP contribution in [0.3, 0.4) is 0 Å². The summed E-state index contributed by atoms with van der Waals surface area (Å²) in [7, 11) is 0. The molecule has 0 spiro atoms. The smallest absolute Gasteiger partial charge is 0.232 e. The zero-order valence-electron chi connectivity index (χ0n) is 16.6. The Labute approximate surface area is 169 Å². The minimum Gasteiger partial charge on any atom is -0.346 e. The van der Waals surface area contributed by atoms with Crippen molar-refractivity contribution in [3.05, 3.63) is 60.0 Å². The molecule has 2 N–H and O–H groups in total. The highest BCUT2D eigenvalue weighted by Gasteiger charge is 2.30. The Morgan fingerprint density at radius 3 is 2.79 bits per heavy atom. The third-order valence-electron chi connectivity index (χ3n) is 5.41. The fraction of sp³-hybridized carbons (Fsp3) is 0.364. The molecule has 7 nitrogen and oxygen atoms in total. The normalized spacial score (nSPS) is 16.7. The number of hydrogen-bond acceptors (Lipinski definition) is 4. The van der Waals surface area contributed by atoms with Gasteiger partial charge in [0.15, 0.2) is 11.5 Å². The maximum Gasteiger partial charge on any atom is 0.232 e. The number of benzene rings is 1. The van der Waals surface area contributed by atoms with E-state index in [1.807, 2.05) is 53.1 Å². The summed E-state index contributed by atoms with van der Waals surface area (Å²) in [6.45, 7) is 4.10. The Balaban J connectivity index is 1.38. The predicted molar refractivity (Wildman–Crippen MR) is 110 cm³/mol. The van der Waals surface area contributed by atoms with Crippen molar-refractivity contribution in [3.8, 4) is 0 Å².